The number of benzene rings is 3. The number of phenols is 1. The second kappa shape index (κ2) is 13.5. The summed E-state index contributed by atoms with van der Waals surface area (Å²) >= 11 is 0. The topological polar surface area (TPSA) is 126 Å². The number of anilines is 1. The average Bonchev–Trinajstić information content (AvgIpc) is 3.41. The van der Waals surface area contributed by atoms with Crippen LogP contribution in [0.3, 0.4) is 0 Å². The maximum Gasteiger partial charge on any atom is 0.408 e. The van der Waals surface area contributed by atoms with Gasteiger partial charge in [0.2, 0.25) is 5.91 Å². The molecule has 0 saturated carbocycles. The monoisotopic (exact) mass is 623 g/mol. The van der Waals surface area contributed by atoms with Gasteiger partial charge in [-0.3, -0.25) is 14.3 Å². The van der Waals surface area contributed by atoms with Crippen molar-refractivity contribution in [1.29, 1.82) is 0 Å². The molecule has 1 aliphatic rings. The second-order valence-corrected chi connectivity index (χ2v) is 12.7. The van der Waals surface area contributed by atoms with Gasteiger partial charge in [0.25, 0.3) is 5.91 Å². The van der Waals surface area contributed by atoms with Gasteiger partial charge in [0.15, 0.2) is 0 Å². The van der Waals surface area contributed by atoms with Crippen LogP contribution < -0.4 is 10.6 Å². The van der Waals surface area contributed by atoms with E-state index < -0.39 is 23.8 Å². The third-order valence-electron chi connectivity index (χ3n) is 7.83. The van der Waals surface area contributed by atoms with Crippen LogP contribution in [0.25, 0.3) is 22.4 Å². The number of aryl methyl sites for hydroxylation is 2. The van der Waals surface area contributed by atoms with Crippen molar-refractivity contribution in [2.45, 2.75) is 64.6 Å². The van der Waals surface area contributed by atoms with Crippen LogP contribution in [-0.2, 0) is 21.4 Å². The Bertz CT molecular complexity index is 1710. The molecule has 3 aromatic carbocycles. The van der Waals surface area contributed by atoms with E-state index in [-0.39, 0.29) is 17.6 Å². The molecule has 0 spiro atoms. The molecule has 5 rings (SSSR count). The first-order valence-corrected chi connectivity index (χ1v) is 15.5. The Kier molecular flexibility index (Phi) is 9.46. The van der Waals surface area contributed by atoms with E-state index in [1.165, 1.54) is 0 Å². The highest BCUT2D eigenvalue weighted by atomic mass is 16.6. The van der Waals surface area contributed by atoms with E-state index >= 15 is 0 Å². The minimum Gasteiger partial charge on any atom is -0.507 e. The van der Waals surface area contributed by atoms with E-state index in [2.05, 4.69) is 15.7 Å². The fourth-order valence-corrected chi connectivity index (χ4v) is 5.69. The summed E-state index contributed by atoms with van der Waals surface area (Å²) in [7, 11) is 1.83. The summed E-state index contributed by atoms with van der Waals surface area (Å²) in [6, 6.07) is 20.1. The molecule has 3 N–H and O–H groups in total. The lowest BCUT2D eigenvalue weighted by Crippen LogP contribution is -2.53. The van der Waals surface area contributed by atoms with Gasteiger partial charge in [0.1, 0.15) is 29.1 Å². The van der Waals surface area contributed by atoms with Crippen LogP contribution in [0.5, 0.6) is 5.75 Å². The predicted octanol–water partition coefficient (Wildman–Crippen LogP) is 6.35. The highest BCUT2D eigenvalue weighted by Gasteiger charge is 2.37. The first kappa shape index (κ1) is 32.3. The number of hydrogen-bond donors (Lipinski definition) is 3. The second-order valence-electron chi connectivity index (χ2n) is 12.7. The molecule has 1 aromatic heterocycles. The number of hydrogen-bond acceptors (Lipinski definition) is 6. The summed E-state index contributed by atoms with van der Waals surface area (Å²) in [6.07, 6.45) is 3.24. The van der Waals surface area contributed by atoms with Gasteiger partial charge in [-0.15, -0.1) is 0 Å². The smallest absolute Gasteiger partial charge is 0.408 e. The molecule has 2 heterocycles. The molecular formula is C36H41N5O5. The number of aromatic hydroxyl groups is 1. The van der Waals surface area contributed by atoms with E-state index in [0.717, 1.165) is 29.5 Å². The number of carbonyl (C=O) groups is 3. The molecule has 240 valence electrons. The van der Waals surface area contributed by atoms with Gasteiger partial charge in [0.05, 0.1) is 0 Å². The van der Waals surface area contributed by atoms with Crippen molar-refractivity contribution < 1.29 is 24.2 Å². The molecule has 2 atom stereocenters. The average molecular weight is 624 g/mol. The number of nitrogens with zero attached hydrogens (tertiary/aromatic N) is 3. The van der Waals surface area contributed by atoms with Crippen molar-refractivity contribution >= 4 is 23.6 Å². The number of phenolic OH excluding ortho intramolecular Hbond substituents is 1. The van der Waals surface area contributed by atoms with Crippen LogP contribution in [0.15, 0.2) is 79.0 Å². The van der Waals surface area contributed by atoms with Gasteiger partial charge in [-0.05, 0) is 82.3 Å². The predicted molar refractivity (Wildman–Crippen MR) is 177 cm³/mol. The summed E-state index contributed by atoms with van der Waals surface area (Å²) < 4.78 is 7.15. The summed E-state index contributed by atoms with van der Waals surface area (Å²) in [5.74, 6) is -0.510. The van der Waals surface area contributed by atoms with Crippen molar-refractivity contribution in [2.75, 3.05) is 11.9 Å². The normalized spacial score (nSPS) is 15.6. The minimum absolute atomic E-state index is 0.150. The quantitative estimate of drug-likeness (QED) is 0.220. The van der Waals surface area contributed by atoms with Crippen LogP contribution >= 0.6 is 0 Å². The number of rotatable bonds is 7. The van der Waals surface area contributed by atoms with Crippen molar-refractivity contribution in [2.24, 2.45) is 7.05 Å². The molecule has 1 aliphatic heterocycles. The zero-order chi connectivity index (χ0) is 33.0. The van der Waals surface area contributed by atoms with E-state index in [1.807, 2.05) is 62.6 Å². The Hall–Kier alpha value is -5.12. The first-order valence-electron chi connectivity index (χ1n) is 15.5. The molecule has 0 aliphatic carbocycles. The highest BCUT2D eigenvalue weighted by molar-refractivity contribution is 5.99. The van der Waals surface area contributed by atoms with Crippen molar-refractivity contribution in [3.8, 4) is 28.1 Å². The Morgan fingerprint density at radius 1 is 0.978 bits per heavy atom. The fraction of sp³-hybridized carbons (Fsp3) is 0.333. The number of aromatic nitrogens is 2. The van der Waals surface area contributed by atoms with Crippen LogP contribution in [0.1, 0.15) is 57.2 Å². The molecule has 10 nitrogen and oxygen atoms in total. The van der Waals surface area contributed by atoms with Gasteiger partial charge >= 0.3 is 6.09 Å². The van der Waals surface area contributed by atoms with E-state index in [0.29, 0.717) is 35.5 Å². The van der Waals surface area contributed by atoms with Gasteiger partial charge in [-0.25, -0.2) is 4.79 Å². The molecule has 4 aromatic rings. The van der Waals surface area contributed by atoms with E-state index in [1.54, 1.807) is 60.7 Å². The SMILES string of the molecule is Cc1ccc(O)c(-c2nn(C)cc2-c2ccc(NC(=O)C3CCCCN3C(=O)C(NC(=O)OC(C)(C)C)c3ccccc3)cc2)c1. The molecule has 0 radical (unpaired) electrons. The minimum atomic E-state index is -1.01. The lowest BCUT2D eigenvalue weighted by Gasteiger charge is -2.37. The van der Waals surface area contributed by atoms with Gasteiger partial charge in [0, 0.05) is 36.6 Å². The Morgan fingerprint density at radius 3 is 2.39 bits per heavy atom. The van der Waals surface area contributed by atoms with Gasteiger partial charge in [-0.1, -0.05) is 54.1 Å². The maximum absolute atomic E-state index is 14.0. The van der Waals surface area contributed by atoms with Crippen LogP contribution in [0, 0.1) is 6.92 Å². The third kappa shape index (κ3) is 7.56. The zero-order valence-corrected chi connectivity index (χ0v) is 26.9. The molecule has 0 bridgehead atoms. The van der Waals surface area contributed by atoms with Crippen LogP contribution in [0.4, 0.5) is 10.5 Å². The lowest BCUT2D eigenvalue weighted by atomic mass is 9.97. The number of alkyl carbamates (subject to hydrolysis) is 1. The Labute approximate surface area is 269 Å². The lowest BCUT2D eigenvalue weighted by molar-refractivity contribution is -0.142. The number of carbonyl (C=O) groups excluding carboxylic acids is 3. The number of nitrogens with one attached hydrogen (secondary N) is 2. The van der Waals surface area contributed by atoms with Crippen molar-refractivity contribution in [1.82, 2.24) is 20.0 Å². The summed E-state index contributed by atoms with van der Waals surface area (Å²) in [6.45, 7) is 7.63. The standard InChI is InChI=1S/C36H41N5O5/c1-23-14-19-30(42)27(21-23)32-28(22-40(5)39-32)24-15-17-26(18-16-24)37-33(43)29-13-9-10-20-41(29)34(44)31(25-11-7-6-8-12-25)38-35(45)46-36(2,3)4/h6-8,11-12,14-19,21-22,29,31,42H,9-10,13,20H2,1-5H3,(H,37,43)(H,38,45). The van der Waals surface area contributed by atoms with Crippen LogP contribution in [-0.4, -0.2) is 55.9 Å². The number of amides is 3. The number of piperidine rings is 1. The van der Waals surface area contributed by atoms with Gasteiger partial charge < -0.3 is 25.4 Å². The molecule has 1 saturated heterocycles. The molecule has 10 heteroatoms. The molecule has 2 unspecified atom stereocenters. The third-order valence-corrected chi connectivity index (χ3v) is 7.83. The van der Waals surface area contributed by atoms with Crippen molar-refractivity contribution in [3.05, 3.63) is 90.1 Å². The summed E-state index contributed by atoms with van der Waals surface area (Å²) in [4.78, 5) is 42.0. The van der Waals surface area contributed by atoms with Crippen molar-refractivity contribution in [3.63, 3.8) is 0 Å². The highest BCUT2D eigenvalue weighted by Crippen LogP contribution is 2.36. The number of likely N-dealkylation sites (tertiary alicyclic amines) is 1. The van der Waals surface area contributed by atoms with E-state index in [9.17, 15) is 19.5 Å². The molecule has 46 heavy (non-hydrogen) atoms. The Morgan fingerprint density at radius 2 is 1.70 bits per heavy atom. The van der Waals surface area contributed by atoms with Crippen LogP contribution in [0.2, 0.25) is 0 Å². The van der Waals surface area contributed by atoms with Gasteiger partial charge in [-0.2, -0.15) is 5.10 Å². The number of ether oxygens (including phenoxy) is 1. The summed E-state index contributed by atoms with van der Waals surface area (Å²) in [5, 5.41) is 20.9. The largest absolute Gasteiger partial charge is 0.507 e. The molecule has 1 fully saturated rings. The zero-order valence-electron chi connectivity index (χ0n) is 26.9. The Balaban J connectivity index is 1.34. The molecular weight excluding hydrogens is 582 g/mol. The molecule has 3 amide bonds. The fourth-order valence-electron chi connectivity index (χ4n) is 5.69. The first-order chi connectivity index (χ1) is 21.9. The van der Waals surface area contributed by atoms with E-state index in [4.69, 9.17) is 4.74 Å². The maximum atomic E-state index is 14.0. The summed E-state index contributed by atoms with van der Waals surface area (Å²) in [5.41, 5.74) is 4.47.